The van der Waals surface area contributed by atoms with Gasteiger partial charge in [-0.3, -0.25) is 0 Å². The van der Waals surface area contributed by atoms with Crippen LogP contribution < -0.4 is 10.2 Å². The van der Waals surface area contributed by atoms with E-state index in [0.717, 1.165) is 31.1 Å². The lowest BCUT2D eigenvalue weighted by Gasteiger charge is -2.36. The van der Waals surface area contributed by atoms with Crippen molar-refractivity contribution in [3.63, 3.8) is 0 Å². The summed E-state index contributed by atoms with van der Waals surface area (Å²) < 4.78 is 0. The molecule has 21 heavy (non-hydrogen) atoms. The van der Waals surface area contributed by atoms with Gasteiger partial charge in [-0.2, -0.15) is 0 Å². The Morgan fingerprint density at radius 3 is 2.52 bits per heavy atom. The second kappa shape index (κ2) is 7.23. The summed E-state index contributed by atoms with van der Waals surface area (Å²) in [5.74, 6) is 1.15. The van der Waals surface area contributed by atoms with Gasteiger partial charge in [0.2, 0.25) is 0 Å². The van der Waals surface area contributed by atoms with E-state index in [1.165, 1.54) is 18.4 Å². The van der Waals surface area contributed by atoms with Crippen molar-refractivity contribution in [1.29, 1.82) is 0 Å². The normalized spacial score (nSPS) is 17.0. The fraction of sp³-hybridized carbons (Fsp3) is 0.706. The second-order valence-corrected chi connectivity index (χ2v) is 6.69. The summed E-state index contributed by atoms with van der Waals surface area (Å²) in [7, 11) is 4.36. The Labute approximate surface area is 129 Å². The zero-order valence-corrected chi connectivity index (χ0v) is 14.2. The number of pyridine rings is 1. The molecule has 1 saturated heterocycles. The first-order valence-electron chi connectivity index (χ1n) is 8.08. The van der Waals surface area contributed by atoms with E-state index in [-0.39, 0.29) is 0 Å². The van der Waals surface area contributed by atoms with Crippen LogP contribution in [0.25, 0.3) is 0 Å². The largest absolute Gasteiger partial charge is 0.356 e. The summed E-state index contributed by atoms with van der Waals surface area (Å²) in [6.45, 7) is 9.59. The maximum absolute atomic E-state index is 4.74. The van der Waals surface area contributed by atoms with E-state index >= 15 is 0 Å². The van der Waals surface area contributed by atoms with Crippen LogP contribution in [-0.2, 0) is 6.54 Å². The van der Waals surface area contributed by atoms with Crippen LogP contribution in [0.4, 0.5) is 5.82 Å². The smallest absolute Gasteiger partial charge is 0.129 e. The maximum Gasteiger partial charge on any atom is 0.129 e. The highest BCUT2D eigenvalue weighted by molar-refractivity contribution is 5.43. The Kier molecular flexibility index (Phi) is 5.59. The van der Waals surface area contributed by atoms with Crippen LogP contribution in [-0.4, -0.2) is 49.2 Å². The first kappa shape index (κ1) is 16.2. The Morgan fingerprint density at radius 1 is 1.29 bits per heavy atom. The fourth-order valence-corrected chi connectivity index (χ4v) is 2.92. The molecule has 1 aromatic heterocycles. The van der Waals surface area contributed by atoms with Crippen molar-refractivity contribution in [2.45, 2.75) is 52.2 Å². The molecule has 0 radical (unpaired) electrons. The number of aryl methyl sites for hydroxylation is 1. The maximum atomic E-state index is 4.74. The van der Waals surface area contributed by atoms with Gasteiger partial charge in [-0.1, -0.05) is 13.8 Å². The number of piperidine rings is 1. The first-order valence-corrected chi connectivity index (χ1v) is 8.08. The summed E-state index contributed by atoms with van der Waals surface area (Å²) in [5.41, 5.74) is 2.45. The van der Waals surface area contributed by atoms with Crippen molar-refractivity contribution < 1.29 is 0 Å². The lowest BCUT2D eigenvalue weighted by Crippen LogP contribution is -2.42. The predicted octanol–water partition coefficient (Wildman–Crippen LogP) is 2.42. The van der Waals surface area contributed by atoms with Crippen molar-refractivity contribution in [3.8, 4) is 0 Å². The Hall–Kier alpha value is -1.13. The minimum atomic E-state index is 0.512. The molecule has 0 saturated carbocycles. The third-order valence-electron chi connectivity index (χ3n) is 4.23. The molecular formula is C17H30N4. The van der Waals surface area contributed by atoms with Gasteiger partial charge >= 0.3 is 0 Å². The third kappa shape index (κ3) is 4.68. The van der Waals surface area contributed by atoms with Gasteiger partial charge in [-0.25, -0.2) is 4.98 Å². The van der Waals surface area contributed by atoms with Gasteiger partial charge in [0.25, 0.3) is 0 Å². The average Bonchev–Trinajstić information content (AvgIpc) is 2.44. The molecule has 0 spiro atoms. The second-order valence-electron chi connectivity index (χ2n) is 6.69. The number of hydrogen-bond acceptors (Lipinski definition) is 4. The monoisotopic (exact) mass is 290 g/mol. The van der Waals surface area contributed by atoms with E-state index in [2.05, 4.69) is 62.1 Å². The van der Waals surface area contributed by atoms with Gasteiger partial charge < -0.3 is 15.1 Å². The summed E-state index contributed by atoms with van der Waals surface area (Å²) in [4.78, 5) is 9.52. The topological polar surface area (TPSA) is 31.4 Å². The molecule has 4 heteroatoms. The lowest BCUT2D eigenvalue weighted by atomic mass is 10.0. The van der Waals surface area contributed by atoms with Gasteiger partial charge in [-0.05, 0) is 51.6 Å². The highest BCUT2D eigenvalue weighted by atomic mass is 15.2. The molecule has 0 atom stereocenters. The standard InChI is InChI=1S/C17H30N4/c1-13(2)18-12-15-10-14(3)19-17(11-15)21-8-6-16(7-9-21)20(4)5/h10-11,13,16,18H,6-9,12H2,1-5H3. The highest BCUT2D eigenvalue weighted by Gasteiger charge is 2.21. The lowest BCUT2D eigenvalue weighted by molar-refractivity contribution is 0.249. The van der Waals surface area contributed by atoms with Crippen molar-refractivity contribution in [2.75, 3.05) is 32.1 Å². The van der Waals surface area contributed by atoms with E-state index in [1.54, 1.807) is 0 Å². The number of aromatic nitrogens is 1. The van der Waals surface area contributed by atoms with Crippen molar-refractivity contribution in [3.05, 3.63) is 23.4 Å². The average molecular weight is 290 g/mol. The summed E-state index contributed by atoms with van der Waals surface area (Å²) in [6, 6.07) is 5.66. The fourth-order valence-electron chi connectivity index (χ4n) is 2.92. The molecule has 0 aromatic carbocycles. The SMILES string of the molecule is Cc1cc(CNC(C)C)cc(N2CCC(N(C)C)CC2)n1. The van der Waals surface area contributed by atoms with Crippen LogP contribution in [0.3, 0.4) is 0 Å². The molecule has 0 amide bonds. The molecule has 1 aliphatic rings. The van der Waals surface area contributed by atoms with Crippen LogP contribution in [0.5, 0.6) is 0 Å². The van der Waals surface area contributed by atoms with Crippen LogP contribution in [0.2, 0.25) is 0 Å². The van der Waals surface area contributed by atoms with E-state index in [4.69, 9.17) is 4.98 Å². The molecule has 118 valence electrons. The first-order chi connectivity index (χ1) is 9.95. The molecule has 2 rings (SSSR count). The highest BCUT2D eigenvalue weighted by Crippen LogP contribution is 2.21. The molecule has 2 heterocycles. The van der Waals surface area contributed by atoms with Gasteiger partial charge in [0.15, 0.2) is 0 Å². The summed E-state index contributed by atoms with van der Waals surface area (Å²) in [5, 5.41) is 3.49. The zero-order valence-electron chi connectivity index (χ0n) is 14.2. The third-order valence-corrected chi connectivity index (χ3v) is 4.23. The Morgan fingerprint density at radius 2 is 1.95 bits per heavy atom. The van der Waals surface area contributed by atoms with Crippen LogP contribution >= 0.6 is 0 Å². The molecule has 1 N–H and O–H groups in total. The Balaban J connectivity index is 2.03. The van der Waals surface area contributed by atoms with E-state index in [9.17, 15) is 0 Å². The van der Waals surface area contributed by atoms with Crippen molar-refractivity contribution in [1.82, 2.24) is 15.2 Å². The molecular weight excluding hydrogens is 260 g/mol. The minimum Gasteiger partial charge on any atom is -0.356 e. The zero-order chi connectivity index (χ0) is 15.4. The van der Waals surface area contributed by atoms with Crippen LogP contribution in [0.1, 0.15) is 37.9 Å². The summed E-state index contributed by atoms with van der Waals surface area (Å²) >= 11 is 0. The van der Waals surface area contributed by atoms with Gasteiger partial charge in [0.1, 0.15) is 5.82 Å². The van der Waals surface area contributed by atoms with Crippen molar-refractivity contribution >= 4 is 5.82 Å². The molecule has 1 fully saturated rings. The summed E-state index contributed by atoms with van der Waals surface area (Å²) in [6.07, 6.45) is 2.45. The molecule has 1 aliphatic heterocycles. The van der Waals surface area contributed by atoms with Gasteiger partial charge in [-0.15, -0.1) is 0 Å². The number of rotatable bonds is 5. The number of anilines is 1. The van der Waals surface area contributed by atoms with Crippen molar-refractivity contribution in [2.24, 2.45) is 0 Å². The molecule has 0 bridgehead atoms. The van der Waals surface area contributed by atoms with Crippen LogP contribution in [0.15, 0.2) is 12.1 Å². The molecule has 1 aromatic rings. The van der Waals surface area contributed by atoms with E-state index < -0.39 is 0 Å². The molecule has 0 aliphatic carbocycles. The quantitative estimate of drug-likeness (QED) is 0.902. The molecule has 0 unspecified atom stereocenters. The predicted molar refractivity (Wildman–Crippen MR) is 89.9 cm³/mol. The Bertz CT molecular complexity index is 448. The van der Waals surface area contributed by atoms with Gasteiger partial charge in [0.05, 0.1) is 0 Å². The number of hydrogen-bond donors (Lipinski definition) is 1. The van der Waals surface area contributed by atoms with Gasteiger partial charge in [0, 0.05) is 37.4 Å². The van der Waals surface area contributed by atoms with E-state index in [1.807, 2.05) is 0 Å². The van der Waals surface area contributed by atoms with E-state index in [0.29, 0.717) is 12.1 Å². The number of nitrogens with zero attached hydrogens (tertiary/aromatic N) is 3. The minimum absolute atomic E-state index is 0.512. The number of nitrogens with one attached hydrogen (secondary N) is 1. The molecule has 4 nitrogen and oxygen atoms in total. The van der Waals surface area contributed by atoms with Crippen LogP contribution in [0, 0.1) is 6.92 Å².